The first kappa shape index (κ1) is 23.6. The number of hydrogen-bond donors (Lipinski definition) is 1. The number of allylic oxidation sites excluding steroid dienone is 2. The van der Waals surface area contributed by atoms with Crippen LogP contribution in [0.5, 0.6) is 5.75 Å². The predicted octanol–water partition coefficient (Wildman–Crippen LogP) is 5.28. The molecule has 0 radical (unpaired) electrons. The number of alkyl halides is 3. The highest BCUT2D eigenvalue weighted by atomic mass is 19.4. The Morgan fingerprint density at radius 1 is 1.09 bits per heavy atom. The summed E-state index contributed by atoms with van der Waals surface area (Å²) in [6.45, 7) is 3.98. The topological polar surface area (TPSA) is 64.6 Å². The summed E-state index contributed by atoms with van der Waals surface area (Å²) >= 11 is 0. The maximum absolute atomic E-state index is 13.2. The monoisotopic (exact) mass is 471 g/mol. The Morgan fingerprint density at radius 3 is 2.38 bits per heavy atom. The van der Waals surface area contributed by atoms with E-state index in [9.17, 15) is 22.8 Å². The molecule has 4 rings (SSSR count). The molecule has 0 fully saturated rings. The van der Waals surface area contributed by atoms with Crippen molar-refractivity contribution in [1.82, 2.24) is 5.32 Å². The van der Waals surface area contributed by atoms with Gasteiger partial charge in [0.1, 0.15) is 18.3 Å². The lowest BCUT2D eigenvalue weighted by atomic mass is 9.71. The van der Waals surface area contributed by atoms with Gasteiger partial charge in [0, 0.05) is 29.3 Å². The molecule has 0 amide bonds. The van der Waals surface area contributed by atoms with Crippen molar-refractivity contribution in [1.29, 1.82) is 0 Å². The van der Waals surface area contributed by atoms with Crippen molar-refractivity contribution >= 4 is 11.8 Å². The van der Waals surface area contributed by atoms with E-state index in [-0.39, 0.29) is 12.4 Å². The summed E-state index contributed by atoms with van der Waals surface area (Å²) in [6, 6.07) is 11.6. The molecule has 2 aromatic rings. The molecule has 1 heterocycles. The SMILES string of the molecule is C=C1NC2=C(C(=O)CCC2)C(c2ccc(C(F)(F)F)cc2)C1C(=O)OCc1ccc(OC)cc1. The molecule has 2 unspecified atom stereocenters. The fraction of sp³-hybridized carbons (Fsp3) is 0.308. The number of halogens is 3. The minimum absolute atomic E-state index is 0.00775. The molecule has 1 aliphatic heterocycles. The molecule has 5 nitrogen and oxygen atoms in total. The average molecular weight is 471 g/mol. The third-order valence-electron chi connectivity index (χ3n) is 6.18. The minimum atomic E-state index is -4.49. The molecule has 0 aromatic heterocycles. The van der Waals surface area contributed by atoms with Crippen molar-refractivity contribution in [3.63, 3.8) is 0 Å². The fourth-order valence-corrected chi connectivity index (χ4v) is 4.48. The molecule has 1 N–H and O–H groups in total. The predicted molar refractivity (Wildman–Crippen MR) is 119 cm³/mol. The van der Waals surface area contributed by atoms with Crippen LogP contribution in [0, 0.1) is 5.92 Å². The Kier molecular flexibility index (Phi) is 6.50. The Bertz CT molecular complexity index is 1130. The number of hydrogen-bond acceptors (Lipinski definition) is 5. The highest BCUT2D eigenvalue weighted by Crippen LogP contribution is 2.45. The Morgan fingerprint density at radius 2 is 1.76 bits per heavy atom. The fourth-order valence-electron chi connectivity index (χ4n) is 4.48. The van der Waals surface area contributed by atoms with E-state index in [1.54, 1.807) is 31.4 Å². The molecule has 2 aromatic carbocycles. The number of methoxy groups -OCH3 is 1. The van der Waals surface area contributed by atoms with Gasteiger partial charge >= 0.3 is 12.1 Å². The smallest absolute Gasteiger partial charge is 0.416 e. The Hall–Kier alpha value is -3.55. The normalized spacial score (nSPS) is 20.5. The summed E-state index contributed by atoms with van der Waals surface area (Å²) in [4.78, 5) is 26.1. The van der Waals surface area contributed by atoms with Crippen molar-refractivity contribution in [3.05, 3.63) is 88.8 Å². The summed E-state index contributed by atoms with van der Waals surface area (Å²) in [5.41, 5.74) is 1.83. The maximum atomic E-state index is 13.2. The Balaban J connectivity index is 1.66. The second-order valence-corrected chi connectivity index (χ2v) is 8.35. The van der Waals surface area contributed by atoms with Crippen molar-refractivity contribution in [2.45, 2.75) is 38.0 Å². The van der Waals surface area contributed by atoms with Crippen LogP contribution in [0.2, 0.25) is 0 Å². The number of rotatable bonds is 5. The quantitative estimate of drug-likeness (QED) is 0.601. The van der Waals surface area contributed by atoms with Crippen LogP contribution >= 0.6 is 0 Å². The molecular weight excluding hydrogens is 447 g/mol. The number of esters is 1. The number of ketones is 1. The Labute approximate surface area is 195 Å². The van der Waals surface area contributed by atoms with Crippen molar-refractivity contribution in [2.75, 3.05) is 7.11 Å². The maximum Gasteiger partial charge on any atom is 0.416 e. The largest absolute Gasteiger partial charge is 0.497 e. The molecule has 0 saturated heterocycles. The van der Waals surface area contributed by atoms with Gasteiger partial charge in [-0.25, -0.2) is 0 Å². The average Bonchev–Trinajstić information content (AvgIpc) is 2.81. The van der Waals surface area contributed by atoms with Crippen LogP contribution < -0.4 is 10.1 Å². The zero-order chi connectivity index (χ0) is 24.5. The van der Waals surface area contributed by atoms with Gasteiger partial charge in [-0.05, 0) is 48.2 Å². The standard InChI is InChI=1S/C26H24F3NO4/c1-15-22(25(32)34-14-16-6-12-19(33-2)13-7-16)23(24-20(30-15)4-3-5-21(24)31)17-8-10-18(11-9-17)26(27,28)29/h6-13,22-23,30H,1,3-5,14H2,2H3. The van der Waals surface area contributed by atoms with E-state index in [1.807, 2.05) is 0 Å². The van der Waals surface area contributed by atoms with Gasteiger partial charge in [0.25, 0.3) is 0 Å². The lowest BCUT2D eigenvalue weighted by Gasteiger charge is -2.38. The first-order chi connectivity index (χ1) is 16.2. The molecule has 34 heavy (non-hydrogen) atoms. The highest BCUT2D eigenvalue weighted by molar-refractivity contribution is 6.00. The highest BCUT2D eigenvalue weighted by Gasteiger charge is 2.44. The number of carbonyl (C=O) groups is 2. The molecule has 0 saturated carbocycles. The van der Waals surface area contributed by atoms with Crippen LogP contribution in [0.3, 0.4) is 0 Å². The van der Waals surface area contributed by atoms with E-state index in [0.717, 1.165) is 17.7 Å². The zero-order valence-corrected chi connectivity index (χ0v) is 18.6. The molecule has 2 atom stereocenters. The van der Waals surface area contributed by atoms with Gasteiger partial charge in [-0.15, -0.1) is 0 Å². The van der Waals surface area contributed by atoms with Crippen LogP contribution in [-0.4, -0.2) is 18.9 Å². The third kappa shape index (κ3) is 4.71. The molecule has 2 aliphatic rings. The lowest BCUT2D eigenvalue weighted by molar-refractivity contribution is -0.149. The van der Waals surface area contributed by atoms with Gasteiger partial charge in [0.15, 0.2) is 5.78 Å². The van der Waals surface area contributed by atoms with E-state index in [2.05, 4.69) is 11.9 Å². The van der Waals surface area contributed by atoms with E-state index in [4.69, 9.17) is 9.47 Å². The zero-order valence-electron chi connectivity index (χ0n) is 18.6. The van der Waals surface area contributed by atoms with E-state index >= 15 is 0 Å². The number of ether oxygens (including phenoxy) is 2. The van der Waals surface area contributed by atoms with E-state index in [0.29, 0.717) is 47.5 Å². The van der Waals surface area contributed by atoms with Gasteiger partial charge in [0.2, 0.25) is 0 Å². The van der Waals surface area contributed by atoms with Crippen LogP contribution in [0.15, 0.2) is 72.1 Å². The molecular formula is C26H24F3NO4. The summed E-state index contributed by atoms with van der Waals surface area (Å²) < 4.78 is 50.0. The number of nitrogens with one attached hydrogen (secondary N) is 1. The van der Waals surface area contributed by atoms with Gasteiger partial charge in [-0.3, -0.25) is 9.59 Å². The third-order valence-corrected chi connectivity index (χ3v) is 6.18. The molecule has 0 spiro atoms. The summed E-state index contributed by atoms with van der Waals surface area (Å²) in [5.74, 6) is -1.81. The van der Waals surface area contributed by atoms with Gasteiger partial charge < -0.3 is 14.8 Å². The number of Topliss-reactive ketones (excluding diaryl/α,β-unsaturated/α-hetero) is 1. The lowest BCUT2D eigenvalue weighted by Crippen LogP contribution is -2.41. The van der Waals surface area contributed by atoms with Crippen LogP contribution in [0.4, 0.5) is 13.2 Å². The summed E-state index contributed by atoms with van der Waals surface area (Å²) in [5, 5.41) is 3.10. The van der Waals surface area contributed by atoms with Crippen LogP contribution in [0.1, 0.15) is 41.9 Å². The van der Waals surface area contributed by atoms with Gasteiger partial charge in [-0.1, -0.05) is 30.8 Å². The number of benzene rings is 2. The molecule has 0 bridgehead atoms. The van der Waals surface area contributed by atoms with Crippen molar-refractivity contribution in [2.24, 2.45) is 5.92 Å². The first-order valence-corrected chi connectivity index (χ1v) is 10.9. The second kappa shape index (κ2) is 9.37. The summed E-state index contributed by atoms with van der Waals surface area (Å²) in [6.07, 6.45) is -2.91. The summed E-state index contributed by atoms with van der Waals surface area (Å²) in [7, 11) is 1.55. The minimum Gasteiger partial charge on any atom is -0.497 e. The van der Waals surface area contributed by atoms with Crippen LogP contribution in [0.25, 0.3) is 0 Å². The van der Waals surface area contributed by atoms with E-state index in [1.165, 1.54) is 12.1 Å². The molecule has 1 aliphatic carbocycles. The van der Waals surface area contributed by atoms with Gasteiger partial charge in [0.05, 0.1) is 12.7 Å². The van der Waals surface area contributed by atoms with Crippen molar-refractivity contribution < 1.29 is 32.2 Å². The molecule has 178 valence electrons. The second-order valence-electron chi connectivity index (χ2n) is 8.35. The van der Waals surface area contributed by atoms with E-state index < -0.39 is 29.5 Å². The number of carbonyl (C=O) groups excluding carboxylic acids is 2. The van der Waals surface area contributed by atoms with Crippen molar-refractivity contribution in [3.8, 4) is 5.75 Å². The molecule has 8 heteroatoms. The first-order valence-electron chi connectivity index (χ1n) is 10.9. The van der Waals surface area contributed by atoms with Crippen LogP contribution in [-0.2, 0) is 27.1 Å². The van der Waals surface area contributed by atoms with Gasteiger partial charge in [-0.2, -0.15) is 13.2 Å².